The summed E-state index contributed by atoms with van der Waals surface area (Å²) in [6.07, 6.45) is -4.64. The average Bonchev–Trinajstić information content (AvgIpc) is 2.38. The van der Waals surface area contributed by atoms with Crippen molar-refractivity contribution in [1.82, 2.24) is 5.06 Å². The number of alkyl halides is 3. The van der Waals surface area contributed by atoms with Gasteiger partial charge >= 0.3 is 16.3 Å². The van der Waals surface area contributed by atoms with Crippen molar-refractivity contribution < 1.29 is 30.6 Å². The number of benzene rings is 1. The summed E-state index contributed by atoms with van der Waals surface area (Å²) >= 11 is 0. The Bertz CT molecular complexity index is 586. The van der Waals surface area contributed by atoms with Gasteiger partial charge in [-0.15, -0.1) is 0 Å². The zero-order chi connectivity index (χ0) is 15.7. The predicted molar refractivity (Wildman–Crippen MR) is 66.8 cm³/mol. The maximum Gasteiger partial charge on any atom is 0.408 e. The zero-order valence-corrected chi connectivity index (χ0v) is 11.9. The smallest absolute Gasteiger partial charge is 0.378 e. The molecule has 0 aliphatic carbocycles. The van der Waals surface area contributed by atoms with Gasteiger partial charge in [0.2, 0.25) is 0 Å². The second-order valence-electron chi connectivity index (χ2n) is 4.61. The first-order valence-corrected chi connectivity index (χ1v) is 7.53. The summed E-state index contributed by atoms with van der Waals surface area (Å²) in [7, 11) is -4.30. The van der Waals surface area contributed by atoms with Crippen molar-refractivity contribution in [2.45, 2.75) is 24.0 Å². The Kier molecular flexibility index (Phi) is 4.57. The molecule has 1 aromatic rings. The highest BCUT2D eigenvalue weighted by atomic mass is 32.2. The van der Waals surface area contributed by atoms with Crippen LogP contribution in [0.25, 0.3) is 0 Å². The van der Waals surface area contributed by atoms with E-state index in [4.69, 9.17) is 4.74 Å². The third-order valence-corrected chi connectivity index (χ3v) is 4.20. The first kappa shape index (κ1) is 16.2. The van der Waals surface area contributed by atoms with E-state index < -0.39 is 28.9 Å². The van der Waals surface area contributed by atoms with Crippen LogP contribution in [-0.2, 0) is 19.1 Å². The minimum Gasteiger partial charge on any atom is -0.378 e. The first-order valence-electron chi connectivity index (χ1n) is 6.12. The van der Waals surface area contributed by atoms with Crippen molar-refractivity contribution in [2.24, 2.45) is 0 Å². The molecule has 0 spiro atoms. The molecule has 0 bridgehead atoms. The van der Waals surface area contributed by atoms with E-state index in [0.717, 1.165) is 5.56 Å². The molecule has 9 heteroatoms. The van der Waals surface area contributed by atoms with Crippen molar-refractivity contribution in [3.63, 3.8) is 0 Å². The lowest BCUT2D eigenvalue weighted by molar-refractivity contribution is -0.268. The van der Waals surface area contributed by atoms with Crippen molar-refractivity contribution in [3.05, 3.63) is 29.8 Å². The predicted octanol–water partition coefficient (Wildman–Crippen LogP) is 1.88. The Balaban J connectivity index is 2.20. The van der Waals surface area contributed by atoms with E-state index in [1.54, 1.807) is 6.92 Å². The lowest BCUT2D eigenvalue weighted by atomic mass is 10.2. The molecule has 0 amide bonds. The summed E-state index contributed by atoms with van der Waals surface area (Å²) < 4.78 is 71.9. The third kappa shape index (κ3) is 3.94. The SMILES string of the molecule is Cc1ccc(S(=O)(=O)ON2CCOCC2C(F)(F)F)cc1. The number of nitrogens with zero attached hydrogens (tertiary/aromatic N) is 1. The molecule has 0 saturated carbocycles. The van der Waals surface area contributed by atoms with E-state index >= 15 is 0 Å². The minimum absolute atomic E-state index is 0.0317. The number of hydroxylamine groups is 2. The van der Waals surface area contributed by atoms with E-state index in [9.17, 15) is 21.6 Å². The highest BCUT2D eigenvalue weighted by molar-refractivity contribution is 7.86. The van der Waals surface area contributed by atoms with Crippen molar-refractivity contribution >= 4 is 10.1 Å². The van der Waals surface area contributed by atoms with E-state index in [1.807, 2.05) is 0 Å². The van der Waals surface area contributed by atoms with Gasteiger partial charge in [-0.3, -0.25) is 0 Å². The Morgan fingerprint density at radius 1 is 1.29 bits per heavy atom. The molecule has 1 unspecified atom stereocenters. The maximum absolute atomic E-state index is 12.8. The number of ether oxygens (including phenoxy) is 1. The van der Waals surface area contributed by atoms with Gasteiger partial charge in [0.05, 0.1) is 18.1 Å². The van der Waals surface area contributed by atoms with Gasteiger partial charge in [-0.05, 0) is 19.1 Å². The second-order valence-corrected chi connectivity index (χ2v) is 6.14. The van der Waals surface area contributed by atoms with E-state index in [2.05, 4.69) is 4.28 Å². The van der Waals surface area contributed by atoms with Crippen LogP contribution < -0.4 is 0 Å². The van der Waals surface area contributed by atoms with Gasteiger partial charge < -0.3 is 4.74 Å². The number of aryl methyl sites for hydroxylation is 1. The molecule has 0 radical (unpaired) electrons. The largest absolute Gasteiger partial charge is 0.408 e. The molecule has 1 saturated heterocycles. The average molecular weight is 325 g/mol. The van der Waals surface area contributed by atoms with E-state index in [1.165, 1.54) is 24.3 Å². The van der Waals surface area contributed by atoms with Crippen molar-refractivity contribution in [3.8, 4) is 0 Å². The number of hydrogen-bond acceptors (Lipinski definition) is 5. The van der Waals surface area contributed by atoms with Gasteiger partial charge in [0, 0.05) is 6.54 Å². The van der Waals surface area contributed by atoms with Crippen LogP contribution in [0.5, 0.6) is 0 Å². The molecule has 1 aliphatic heterocycles. The van der Waals surface area contributed by atoms with Gasteiger partial charge in [-0.2, -0.15) is 30.9 Å². The molecule has 118 valence electrons. The van der Waals surface area contributed by atoms with Crippen LogP contribution in [0.4, 0.5) is 13.2 Å². The van der Waals surface area contributed by atoms with Crippen LogP contribution in [0.3, 0.4) is 0 Å². The fraction of sp³-hybridized carbons (Fsp3) is 0.500. The Morgan fingerprint density at radius 3 is 2.48 bits per heavy atom. The zero-order valence-electron chi connectivity index (χ0n) is 11.1. The van der Waals surface area contributed by atoms with Crippen molar-refractivity contribution in [1.29, 1.82) is 0 Å². The lowest BCUT2D eigenvalue weighted by Crippen LogP contribution is -2.53. The number of rotatable bonds is 3. The topological polar surface area (TPSA) is 55.8 Å². The van der Waals surface area contributed by atoms with Crippen LogP contribution in [0, 0.1) is 6.92 Å². The Hall–Kier alpha value is -1.16. The maximum atomic E-state index is 12.8. The van der Waals surface area contributed by atoms with E-state index in [0.29, 0.717) is 5.06 Å². The summed E-state index contributed by atoms with van der Waals surface area (Å²) in [5.74, 6) is 0. The molecule has 0 aromatic heterocycles. The molecular weight excluding hydrogens is 311 g/mol. The van der Waals surface area contributed by atoms with Crippen LogP contribution in [-0.4, -0.2) is 45.5 Å². The molecule has 0 N–H and O–H groups in total. The number of hydrogen-bond donors (Lipinski definition) is 0. The van der Waals surface area contributed by atoms with Gasteiger partial charge in [-0.1, -0.05) is 17.7 Å². The summed E-state index contributed by atoms with van der Waals surface area (Å²) in [5, 5.41) is 0.415. The van der Waals surface area contributed by atoms with Crippen LogP contribution in [0.1, 0.15) is 5.56 Å². The van der Waals surface area contributed by atoms with Gasteiger partial charge in [0.25, 0.3) is 0 Å². The molecule has 2 rings (SSSR count). The fourth-order valence-corrected chi connectivity index (χ4v) is 2.80. The summed E-state index contributed by atoms with van der Waals surface area (Å²) in [6.45, 7) is 0.789. The highest BCUT2D eigenvalue weighted by Gasteiger charge is 2.47. The van der Waals surface area contributed by atoms with Crippen LogP contribution in [0.2, 0.25) is 0 Å². The molecule has 1 aliphatic rings. The van der Waals surface area contributed by atoms with Gasteiger partial charge in [0.1, 0.15) is 0 Å². The normalized spacial score (nSPS) is 21.4. The highest BCUT2D eigenvalue weighted by Crippen LogP contribution is 2.29. The molecule has 1 aromatic carbocycles. The summed E-state index contributed by atoms with van der Waals surface area (Å²) in [5.41, 5.74) is 0.827. The molecular formula is C12H14F3NO4S. The molecule has 1 heterocycles. The number of halogens is 3. The fourth-order valence-electron chi connectivity index (χ4n) is 1.81. The monoisotopic (exact) mass is 325 g/mol. The molecule has 1 atom stereocenters. The quantitative estimate of drug-likeness (QED) is 0.849. The number of morpholine rings is 1. The van der Waals surface area contributed by atoms with E-state index in [-0.39, 0.29) is 18.0 Å². The Morgan fingerprint density at radius 2 is 1.90 bits per heavy atom. The second kappa shape index (κ2) is 5.91. The molecule has 1 fully saturated rings. The van der Waals surface area contributed by atoms with Gasteiger partial charge in [-0.25, -0.2) is 0 Å². The summed E-state index contributed by atoms with van der Waals surface area (Å²) in [6, 6.07) is 3.54. The van der Waals surface area contributed by atoms with Crippen LogP contribution >= 0.6 is 0 Å². The minimum atomic E-state index is -4.64. The molecule has 5 nitrogen and oxygen atoms in total. The standard InChI is InChI=1S/C12H14F3NO4S/c1-9-2-4-10(5-3-9)21(17,18)20-16-6-7-19-8-11(16)12(13,14)15/h2-5,11H,6-8H2,1H3. The van der Waals surface area contributed by atoms with Gasteiger partial charge in [0.15, 0.2) is 6.04 Å². The Labute approximate surface area is 120 Å². The van der Waals surface area contributed by atoms with Crippen LogP contribution in [0.15, 0.2) is 29.2 Å². The third-order valence-electron chi connectivity index (χ3n) is 2.96. The first-order chi connectivity index (χ1) is 9.70. The summed E-state index contributed by atoms with van der Waals surface area (Å²) in [4.78, 5) is -0.194. The van der Waals surface area contributed by atoms with Crippen molar-refractivity contribution in [2.75, 3.05) is 19.8 Å². The lowest BCUT2D eigenvalue weighted by Gasteiger charge is -2.34. The molecule has 21 heavy (non-hydrogen) atoms.